The summed E-state index contributed by atoms with van der Waals surface area (Å²) in [7, 11) is 0. The van der Waals surface area contributed by atoms with E-state index in [1.54, 1.807) is 4.90 Å². The quantitative estimate of drug-likeness (QED) is 0.760. The summed E-state index contributed by atoms with van der Waals surface area (Å²) in [5, 5.41) is 9.72. The van der Waals surface area contributed by atoms with Crippen LogP contribution in [0.5, 0.6) is 0 Å². The first-order valence-corrected chi connectivity index (χ1v) is 9.02. The Morgan fingerprint density at radius 1 is 1.04 bits per heavy atom. The van der Waals surface area contributed by atoms with Crippen molar-refractivity contribution in [1.29, 1.82) is 0 Å². The molecule has 27 heavy (non-hydrogen) atoms. The Kier molecular flexibility index (Phi) is 4.99. The number of nitrogens with zero attached hydrogens (tertiary/aromatic N) is 1. The van der Waals surface area contributed by atoms with Gasteiger partial charge < -0.3 is 10.0 Å². The lowest BCUT2D eigenvalue weighted by molar-refractivity contribution is -0.258. The highest BCUT2D eigenvalue weighted by atomic mass is 19.4. The Morgan fingerprint density at radius 2 is 1.52 bits per heavy atom. The predicted octanol–water partition coefficient (Wildman–Crippen LogP) is 4.64. The fourth-order valence-electron chi connectivity index (χ4n) is 3.54. The van der Waals surface area contributed by atoms with Crippen molar-refractivity contribution < 1.29 is 31.9 Å². The van der Waals surface area contributed by atoms with Crippen molar-refractivity contribution in [3.63, 3.8) is 0 Å². The Morgan fingerprint density at radius 3 is 1.96 bits per heavy atom. The van der Waals surface area contributed by atoms with Crippen LogP contribution in [-0.2, 0) is 5.60 Å². The highest BCUT2D eigenvalue weighted by Gasteiger charge is 2.51. The molecule has 1 unspecified atom stereocenters. The minimum absolute atomic E-state index is 0.00665. The van der Waals surface area contributed by atoms with Crippen molar-refractivity contribution >= 4 is 5.91 Å². The van der Waals surface area contributed by atoms with Gasteiger partial charge in [-0.2, -0.15) is 13.2 Å². The van der Waals surface area contributed by atoms with Crippen LogP contribution in [0, 0.1) is 0 Å². The molecule has 1 N–H and O–H groups in total. The topological polar surface area (TPSA) is 40.5 Å². The molecule has 0 spiro atoms. The van der Waals surface area contributed by atoms with E-state index in [0.717, 1.165) is 25.0 Å². The summed E-state index contributed by atoms with van der Waals surface area (Å²) in [4.78, 5) is 14.5. The Labute approximate surface area is 154 Å². The van der Waals surface area contributed by atoms with Crippen LogP contribution in [-0.4, -0.2) is 40.1 Å². The van der Waals surface area contributed by atoms with Crippen molar-refractivity contribution in [3.8, 4) is 0 Å². The third kappa shape index (κ3) is 4.10. The number of rotatable bonds is 4. The first kappa shape index (κ1) is 20.0. The fraction of sp³-hybridized carbons (Fsp3) is 0.632. The Bertz CT molecular complexity index is 685. The van der Waals surface area contributed by atoms with E-state index in [1.165, 1.54) is 12.1 Å². The van der Waals surface area contributed by atoms with E-state index in [-0.39, 0.29) is 54.8 Å². The number of carbonyl (C=O) groups excluding carboxylic acids is 1. The summed E-state index contributed by atoms with van der Waals surface area (Å²) >= 11 is 0. The first-order chi connectivity index (χ1) is 12.4. The van der Waals surface area contributed by atoms with Crippen LogP contribution >= 0.6 is 0 Å². The van der Waals surface area contributed by atoms with Crippen molar-refractivity contribution in [2.45, 2.75) is 75.2 Å². The maximum atomic E-state index is 13.4. The maximum absolute atomic E-state index is 13.4. The van der Waals surface area contributed by atoms with Crippen LogP contribution in [0.1, 0.15) is 61.4 Å². The van der Waals surface area contributed by atoms with Crippen LogP contribution in [0.2, 0.25) is 0 Å². The van der Waals surface area contributed by atoms with Gasteiger partial charge in [-0.15, -0.1) is 0 Å². The van der Waals surface area contributed by atoms with Crippen molar-refractivity contribution in [3.05, 3.63) is 35.4 Å². The monoisotopic (exact) mass is 391 g/mol. The van der Waals surface area contributed by atoms with E-state index in [0.29, 0.717) is 6.92 Å². The lowest BCUT2D eigenvalue weighted by Gasteiger charge is -2.37. The van der Waals surface area contributed by atoms with Gasteiger partial charge in [0.1, 0.15) is 0 Å². The van der Waals surface area contributed by atoms with E-state index in [2.05, 4.69) is 0 Å². The minimum Gasteiger partial charge on any atom is -0.376 e. The summed E-state index contributed by atoms with van der Waals surface area (Å²) < 4.78 is 65.7. The van der Waals surface area contributed by atoms with Gasteiger partial charge in [-0.1, -0.05) is 12.1 Å². The van der Waals surface area contributed by atoms with Gasteiger partial charge in [0.2, 0.25) is 5.92 Å². The highest BCUT2D eigenvalue weighted by molar-refractivity contribution is 5.95. The van der Waals surface area contributed by atoms with E-state index in [1.807, 2.05) is 0 Å². The normalized spacial score (nSPS) is 22.9. The molecule has 2 fully saturated rings. The van der Waals surface area contributed by atoms with Crippen LogP contribution in [0.15, 0.2) is 24.3 Å². The minimum atomic E-state index is -4.84. The summed E-state index contributed by atoms with van der Waals surface area (Å²) in [5.74, 6) is -3.05. The number of hydrogen-bond donors (Lipinski definition) is 1. The second kappa shape index (κ2) is 6.72. The number of aliphatic hydroxyl groups is 1. The number of amides is 1. The molecule has 1 amide bonds. The van der Waals surface area contributed by atoms with Gasteiger partial charge in [0.05, 0.1) is 0 Å². The van der Waals surface area contributed by atoms with Gasteiger partial charge in [0.25, 0.3) is 5.91 Å². The molecule has 1 aromatic carbocycles. The second-order valence-corrected chi connectivity index (χ2v) is 7.68. The van der Waals surface area contributed by atoms with Crippen LogP contribution in [0.3, 0.4) is 0 Å². The van der Waals surface area contributed by atoms with E-state index in [9.17, 15) is 31.9 Å². The van der Waals surface area contributed by atoms with Gasteiger partial charge in [0, 0.05) is 30.5 Å². The number of halogens is 5. The van der Waals surface area contributed by atoms with Crippen molar-refractivity contribution in [1.82, 2.24) is 4.90 Å². The molecule has 150 valence electrons. The molecule has 0 bridgehead atoms. The maximum Gasteiger partial charge on any atom is 0.421 e. The van der Waals surface area contributed by atoms with Gasteiger partial charge in [-0.05, 0) is 50.3 Å². The second-order valence-electron chi connectivity index (χ2n) is 7.68. The molecule has 0 aromatic heterocycles. The van der Waals surface area contributed by atoms with Gasteiger partial charge in [-0.3, -0.25) is 4.79 Å². The number of carbonyl (C=O) groups is 1. The molecule has 3 rings (SSSR count). The van der Waals surface area contributed by atoms with Crippen molar-refractivity contribution in [2.24, 2.45) is 0 Å². The largest absolute Gasteiger partial charge is 0.421 e. The van der Waals surface area contributed by atoms with Crippen LogP contribution in [0.4, 0.5) is 22.0 Å². The Balaban J connectivity index is 1.78. The third-order valence-electron chi connectivity index (χ3n) is 5.50. The summed E-state index contributed by atoms with van der Waals surface area (Å²) in [5.41, 5.74) is -3.18. The molecule has 1 aromatic rings. The smallest absolute Gasteiger partial charge is 0.376 e. The SMILES string of the molecule is CC(O)(c1ccc(C(=O)N(C2CC2)C2CCC(F)(F)CC2)cc1)C(F)(F)F. The summed E-state index contributed by atoms with van der Waals surface area (Å²) in [6.45, 7) is 0.655. The van der Waals surface area contributed by atoms with Gasteiger partial charge >= 0.3 is 6.18 Å². The van der Waals surface area contributed by atoms with Crippen LogP contribution in [0.25, 0.3) is 0 Å². The molecule has 0 radical (unpaired) electrons. The molecular formula is C19H22F5NO2. The first-order valence-electron chi connectivity index (χ1n) is 9.02. The molecule has 0 saturated heterocycles. The average Bonchev–Trinajstić information content (AvgIpc) is 3.40. The molecular weight excluding hydrogens is 369 g/mol. The molecule has 8 heteroatoms. The predicted molar refractivity (Wildman–Crippen MR) is 88.5 cm³/mol. The summed E-state index contributed by atoms with van der Waals surface area (Å²) in [6.07, 6.45) is -3.32. The lowest BCUT2D eigenvalue weighted by atomic mass is 9.90. The van der Waals surface area contributed by atoms with E-state index in [4.69, 9.17) is 0 Å². The third-order valence-corrected chi connectivity index (χ3v) is 5.50. The highest BCUT2D eigenvalue weighted by Crippen LogP contribution is 2.41. The Hall–Kier alpha value is -1.70. The summed E-state index contributed by atoms with van der Waals surface area (Å²) in [6, 6.07) is 4.41. The van der Waals surface area contributed by atoms with Crippen molar-refractivity contribution in [2.75, 3.05) is 0 Å². The molecule has 2 saturated carbocycles. The molecule has 2 aliphatic rings. The number of benzene rings is 1. The fourth-order valence-corrected chi connectivity index (χ4v) is 3.54. The van der Waals surface area contributed by atoms with Gasteiger partial charge in [0.15, 0.2) is 5.60 Å². The van der Waals surface area contributed by atoms with E-state index < -0.39 is 17.7 Å². The zero-order valence-corrected chi connectivity index (χ0v) is 14.9. The lowest BCUT2D eigenvalue weighted by Crippen LogP contribution is -2.45. The van der Waals surface area contributed by atoms with Crippen LogP contribution < -0.4 is 0 Å². The van der Waals surface area contributed by atoms with Gasteiger partial charge in [-0.25, -0.2) is 8.78 Å². The van der Waals surface area contributed by atoms with E-state index >= 15 is 0 Å². The zero-order valence-electron chi connectivity index (χ0n) is 14.9. The molecule has 2 aliphatic carbocycles. The average molecular weight is 391 g/mol. The number of alkyl halides is 5. The number of hydrogen-bond acceptors (Lipinski definition) is 2. The zero-order chi connectivity index (χ0) is 20.0. The molecule has 1 atom stereocenters. The molecule has 0 heterocycles. The standard InChI is InChI=1S/C19H22F5NO2/c1-17(27,19(22,23)24)13-4-2-12(3-5-13)16(26)25(14-6-7-14)15-8-10-18(20,21)11-9-15/h2-5,14-15,27H,6-11H2,1H3. The molecule has 0 aliphatic heterocycles. The molecule has 3 nitrogen and oxygen atoms in total.